The van der Waals surface area contributed by atoms with Crippen LogP contribution in [0.2, 0.25) is 0 Å². The van der Waals surface area contributed by atoms with Crippen LogP contribution in [0.15, 0.2) is 51.6 Å². The van der Waals surface area contributed by atoms with Crippen LogP contribution < -0.4 is 0 Å². The van der Waals surface area contributed by atoms with E-state index < -0.39 is 5.60 Å². The summed E-state index contributed by atoms with van der Waals surface area (Å²) in [6, 6.07) is 11.5. The first kappa shape index (κ1) is 12.4. The Balaban J connectivity index is 2.30. The van der Waals surface area contributed by atoms with Crippen molar-refractivity contribution in [3.8, 4) is 0 Å². The summed E-state index contributed by atoms with van der Waals surface area (Å²) in [6.07, 6.45) is 2.77. The molecule has 3 heteroatoms. The summed E-state index contributed by atoms with van der Waals surface area (Å²) < 4.78 is 6.28. The lowest BCUT2D eigenvalue weighted by Crippen LogP contribution is -2.27. The van der Waals surface area contributed by atoms with Crippen molar-refractivity contribution < 1.29 is 9.52 Å². The standard InChI is InChI=1S/C14H15BrO2/c1-2-14(16,10-13-7-4-8-17-13)11-5-3-6-12(15)9-11/h3-9,16H,2,10H2,1H3. The minimum absolute atomic E-state index is 0.493. The summed E-state index contributed by atoms with van der Waals surface area (Å²) in [5.41, 5.74) is 0.0347. The van der Waals surface area contributed by atoms with Gasteiger partial charge < -0.3 is 9.52 Å². The van der Waals surface area contributed by atoms with Crippen LogP contribution in [0.25, 0.3) is 0 Å². The minimum atomic E-state index is -0.873. The molecule has 0 amide bonds. The molecule has 0 saturated heterocycles. The molecule has 2 aromatic rings. The molecule has 2 nitrogen and oxygen atoms in total. The molecule has 0 bridgehead atoms. The Morgan fingerprint density at radius 2 is 2.12 bits per heavy atom. The lowest BCUT2D eigenvalue weighted by Gasteiger charge is -2.26. The van der Waals surface area contributed by atoms with Gasteiger partial charge in [0.05, 0.1) is 11.9 Å². The smallest absolute Gasteiger partial charge is 0.106 e. The molecule has 1 aromatic carbocycles. The van der Waals surface area contributed by atoms with E-state index in [1.165, 1.54) is 0 Å². The molecule has 1 aromatic heterocycles. The minimum Gasteiger partial charge on any atom is -0.469 e. The van der Waals surface area contributed by atoms with Crippen LogP contribution >= 0.6 is 15.9 Å². The molecule has 1 N–H and O–H groups in total. The molecule has 1 atom stereocenters. The van der Waals surface area contributed by atoms with E-state index in [-0.39, 0.29) is 0 Å². The number of aliphatic hydroxyl groups is 1. The highest BCUT2D eigenvalue weighted by molar-refractivity contribution is 9.10. The van der Waals surface area contributed by atoms with E-state index in [9.17, 15) is 5.11 Å². The van der Waals surface area contributed by atoms with Crippen molar-refractivity contribution in [3.05, 3.63) is 58.5 Å². The number of hydrogen-bond donors (Lipinski definition) is 1. The van der Waals surface area contributed by atoms with Gasteiger partial charge in [0.1, 0.15) is 5.76 Å². The predicted octanol–water partition coefficient (Wildman–Crippen LogP) is 3.88. The summed E-state index contributed by atoms with van der Waals surface area (Å²) in [7, 11) is 0. The fourth-order valence-corrected chi connectivity index (χ4v) is 2.31. The van der Waals surface area contributed by atoms with E-state index in [2.05, 4.69) is 15.9 Å². The molecule has 1 heterocycles. The summed E-state index contributed by atoms with van der Waals surface area (Å²) in [4.78, 5) is 0. The highest BCUT2D eigenvalue weighted by Crippen LogP contribution is 2.30. The first-order valence-corrected chi connectivity index (χ1v) is 6.44. The van der Waals surface area contributed by atoms with Gasteiger partial charge in [-0.15, -0.1) is 0 Å². The van der Waals surface area contributed by atoms with E-state index in [1.807, 2.05) is 43.3 Å². The molecular weight excluding hydrogens is 280 g/mol. The fraction of sp³-hybridized carbons (Fsp3) is 0.286. The summed E-state index contributed by atoms with van der Waals surface area (Å²) in [6.45, 7) is 1.98. The first-order valence-electron chi connectivity index (χ1n) is 5.65. The number of hydrogen-bond acceptors (Lipinski definition) is 2. The Labute approximate surface area is 109 Å². The Bertz CT molecular complexity index is 479. The molecule has 0 aliphatic heterocycles. The van der Waals surface area contributed by atoms with E-state index in [0.29, 0.717) is 12.8 Å². The maximum Gasteiger partial charge on any atom is 0.106 e. The van der Waals surface area contributed by atoms with Crippen molar-refractivity contribution in [1.82, 2.24) is 0 Å². The molecule has 2 rings (SSSR count). The molecule has 1 unspecified atom stereocenters. The fourth-order valence-electron chi connectivity index (χ4n) is 1.91. The zero-order chi connectivity index (χ0) is 12.3. The van der Waals surface area contributed by atoms with E-state index in [4.69, 9.17) is 4.42 Å². The number of furan rings is 1. The van der Waals surface area contributed by atoms with Crippen LogP contribution in [0.1, 0.15) is 24.7 Å². The van der Waals surface area contributed by atoms with Crippen LogP contribution in [-0.2, 0) is 12.0 Å². The molecule has 0 aliphatic rings. The Morgan fingerprint density at radius 1 is 1.29 bits per heavy atom. The summed E-state index contributed by atoms with van der Waals surface area (Å²) >= 11 is 3.43. The second-order valence-corrected chi connectivity index (χ2v) is 5.07. The quantitative estimate of drug-likeness (QED) is 0.928. The predicted molar refractivity (Wildman–Crippen MR) is 70.7 cm³/mol. The average Bonchev–Trinajstić information content (AvgIpc) is 2.81. The second-order valence-electron chi connectivity index (χ2n) is 4.15. The van der Waals surface area contributed by atoms with Crippen molar-refractivity contribution in [3.63, 3.8) is 0 Å². The summed E-state index contributed by atoms with van der Waals surface area (Å²) in [5.74, 6) is 0.800. The monoisotopic (exact) mass is 294 g/mol. The molecule has 0 aliphatic carbocycles. The van der Waals surface area contributed by atoms with Crippen molar-refractivity contribution in [2.45, 2.75) is 25.4 Å². The molecule has 0 fully saturated rings. The Hall–Kier alpha value is -1.06. The third-order valence-corrected chi connectivity index (χ3v) is 3.49. The van der Waals surface area contributed by atoms with Crippen LogP contribution in [0.5, 0.6) is 0 Å². The lowest BCUT2D eigenvalue weighted by atomic mass is 9.87. The van der Waals surface area contributed by atoms with Gasteiger partial charge in [-0.3, -0.25) is 0 Å². The molecular formula is C14H15BrO2. The van der Waals surface area contributed by atoms with E-state index in [1.54, 1.807) is 6.26 Å². The van der Waals surface area contributed by atoms with Crippen LogP contribution in [0, 0.1) is 0 Å². The van der Waals surface area contributed by atoms with E-state index >= 15 is 0 Å². The highest BCUT2D eigenvalue weighted by Gasteiger charge is 2.28. The Morgan fingerprint density at radius 3 is 2.71 bits per heavy atom. The van der Waals surface area contributed by atoms with Crippen molar-refractivity contribution in [2.75, 3.05) is 0 Å². The first-order chi connectivity index (χ1) is 8.14. The van der Waals surface area contributed by atoms with Crippen molar-refractivity contribution in [2.24, 2.45) is 0 Å². The van der Waals surface area contributed by atoms with Gasteiger partial charge in [-0.1, -0.05) is 35.0 Å². The molecule has 17 heavy (non-hydrogen) atoms. The largest absolute Gasteiger partial charge is 0.469 e. The van der Waals surface area contributed by atoms with Crippen molar-refractivity contribution in [1.29, 1.82) is 0 Å². The highest BCUT2D eigenvalue weighted by atomic mass is 79.9. The maximum absolute atomic E-state index is 10.7. The van der Waals surface area contributed by atoms with Gasteiger partial charge in [-0.25, -0.2) is 0 Å². The van der Waals surface area contributed by atoms with Gasteiger partial charge in [0, 0.05) is 10.9 Å². The SMILES string of the molecule is CCC(O)(Cc1ccco1)c1cccc(Br)c1. The van der Waals surface area contributed by atoms with Crippen molar-refractivity contribution >= 4 is 15.9 Å². The van der Waals surface area contributed by atoms with Gasteiger partial charge in [0.25, 0.3) is 0 Å². The van der Waals surface area contributed by atoms with Crippen LogP contribution in [0.4, 0.5) is 0 Å². The van der Waals surface area contributed by atoms with Gasteiger partial charge >= 0.3 is 0 Å². The number of halogens is 1. The van der Waals surface area contributed by atoms with Gasteiger partial charge in [0.2, 0.25) is 0 Å². The molecule has 0 spiro atoms. The van der Waals surface area contributed by atoms with E-state index in [0.717, 1.165) is 15.8 Å². The third kappa shape index (κ3) is 2.79. The molecule has 90 valence electrons. The zero-order valence-electron chi connectivity index (χ0n) is 9.69. The molecule has 0 radical (unpaired) electrons. The summed E-state index contributed by atoms with van der Waals surface area (Å²) in [5, 5.41) is 10.7. The number of benzene rings is 1. The van der Waals surface area contributed by atoms with Gasteiger partial charge in [-0.2, -0.15) is 0 Å². The second kappa shape index (κ2) is 5.07. The lowest BCUT2D eigenvalue weighted by molar-refractivity contribution is 0.0276. The molecule has 0 saturated carbocycles. The maximum atomic E-state index is 10.7. The topological polar surface area (TPSA) is 33.4 Å². The zero-order valence-corrected chi connectivity index (χ0v) is 11.3. The third-order valence-electron chi connectivity index (χ3n) is 2.99. The number of rotatable bonds is 4. The van der Waals surface area contributed by atoms with Gasteiger partial charge in [0.15, 0.2) is 0 Å². The normalized spacial score (nSPS) is 14.5. The Kier molecular flexibility index (Phi) is 3.69. The van der Waals surface area contributed by atoms with Gasteiger partial charge in [-0.05, 0) is 36.2 Å². The van der Waals surface area contributed by atoms with Crippen LogP contribution in [-0.4, -0.2) is 5.11 Å². The average molecular weight is 295 g/mol. The van der Waals surface area contributed by atoms with Crippen LogP contribution in [0.3, 0.4) is 0 Å².